The summed E-state index contributed by atoms with van der Waals surface area (Å²) >= 11 is 0. The molecule has 5 heteroatoms. The number of anilines is 1. The molecule has 0 aliphatic carbocycles. The number of nitriles is 1. The van der Waals surface area contributed by atoms with Crippen LogP contribution in [-0.4, -0.2) is 29.8 Å². The van der Waals surface area contributed by atoms with E-state index >= 15 is 0 Å². The van der Waals surface area contributed by atoms with Crippen LogP contribution in [0.3, 0.4) is 0 Å². The van der Waals surface area contributed by atoms with Crippen molar-refractivity contribution in [3.05, 3.63) is 29.8 Å². The molecule has 0 heterocycles. The maximum absolute atomic E-state index is 12.3. The molecule has 0 fully saturated rings. The quantitative estimate of drug-likeness (QED) is 0.850. The fourth-order valence-electron chi connectivity index (χ4n) is 2.08. The molecule has 0 atom stereocenters. The van der Waals surface area contributed by atoms with Gasteiger partial charge < -0.3 is 10.2 Å². The number of rotatable bonds is 5. The fraction of sp³-hybridized carbons (Fsp3) is 0.471. The molecule has 22 heavy (non-hydrogen) atoms. The summed E-state index contributed by atoms with van der Waals surface area (Å²) in [6.45, 7) is 9.16. The summed E-state index contributed by atoms with van der Waals surface area (Å²) in [5.41, 5.74) is 1.01. The van der Waals surface area contributed by atoms with Crippen LogP contribution < -0.4 is 5.32 Å². The molecule has 0 aromatic heterocycles. The van der Waals surface area contributed by atoms with Gasteiger partial charge in [0, 0.05) is 18.8 Å². The zero-order valence-electron chi connectivity index (χ0n) is 13.6. The van der Waals surface area contributed by atoms with Crippen LogP contribution in [0.25, 0.3) is 0 Å². The number of carbonyl (C=O) groups is 2. The lowest BCUT2D eigenvalue weighted by atomic mass is 10.1. The van der Waals surface area contributed by atoms with Gasteiger partial charge in [-0.1, -0.05) is 27.7 Å². The third-order valence-corrected chi connectivity index (χ3v) is 2.92. The number of amides is 2. The van der Waals surface area contributed by atoms with Crippen molar-refractivity contribution in [2.45, 2.75) is 27.7 Å². The van der Waals surface area contributed by atoms with E-state index in [1.807, 2.05) is 33.8 Å². The first-order chi connectivity index (χ1) is 10.3. The van der Waals surface area contributed by atoms with E-state index in [-0.39, 0.29) is 0 Å². The van der Waals surface area contributed by atoms with E-state index < -0.39 is 11.8 Å². The molecule has 1 N–H and O–H groups in total. The number of carbonyl (C=O) groups excluding carboxylic acids is 2. The lowest BCUT2D eigenvalue weighted by Crippen LogP contribution is -2.43. The number of hydrogen-bond acceptors (Lipinski definition) is 3. The Labute approximate surface area is 131 Å². The van der Waals surface area contributed by atoms with Crippen molar-refractivity contribution in [3.8, 4) is 6.07 Å². The van der Waals surface area contributed by atoms with Crippen LogP contribution in [0.4, 0.5) is 5.69 Å². The Morgan fingerprint density at radius 3 is 2.00 bits per heavy atom. The number of benzene rings is 1. The second-order valence-corrected chi connectivity index (χ2v) is 6.14. The third kappa shape index (κ3) is 5.57. The van der Waals surface area contributed by atoms with Crippen molar-refractivity contribution >= 4 is 17.5 Å². The number of nitrogens with zero attached hydrogens (tertiary/aromatic N) is 2. The first kappa shape index (κ1) is 17.7. The first-order valence-corrected chi connectivity index (χ1v) is 7.44. The number of nitrogens with one attached hydrogen (secondary N) is 1. The second-order valence-electron chi connectivity index (χ2n) is 6.14. The molecular weight excluding hydrogens is 278 g/mol. The lowest BCUT2D eigenvalue weighted by molar-refractivity contribution is -0.143. The van der Waals surface area contributed by atoms with E-state index in [1.165, 1.54) is 0 Å². The van der Waals surface area contributed by atoms with Crippen LogP contribution in [0.5, 0.6) is 0 Å². The molecule has 1 rings (SSSR count). The Bertz CT molecular complexity index is 546. The summed E-state index contributed by atoms with van der Waals surface area (Å²) in [7, 11) is 0. The summed E-state index contributed by atoms with van der Waals surface area (Å²) in [6.07, 6.45) is 0. The molecule has 0 saturated heterocycles. The molecule has 0 spiro atoms. The predicted octanol–water partition coefficient (Wildman–Crippen LogP) is 2.64. The zero-order valence-corrected chi connectivity index (χ0v) is 13.6. The van der Waals surface area contributed by atoms with Gasteiger partial charge in [0.2, 0.25) is 0 Å². The monoisotopic (exact) mass is 301 g/mol. The summed E-state index contributed by atoms with van der Waals surface area (Å²) in [4.78, 5) is 26.0. The molecule has 1 aromatic carbocycles. The molecule has 0 bridgehead atoms. The third-order valence-electron chi connectivity index (χ3n) is 2.92. The maximum Gasteiger partial charge on any atom is 0.313 e. The summed E-state index contributed by atoms with van der Waals surface area (Å²) in [5.74, 6) is -0.575. The Balaban J connectivity index is 2.75. The molecule has 118 valence electrons. The summed E-state index contributed by atoms with van der Waals surface area (Å²) < 4.78 is 0. The topological polar surface area (TPSA) is 73.2 Å². The lowest BCUT2D eigenvalue weighted by Gasteiger charge is -2.25. The Hall–Kier alpha value is -2.35. The average Bonchev–Trinajstić information content (AvgIpc) is 2.45. The van der Waals surface area contributed by atoms with E-state index in [0.717, 1.165) is 0 Å². The van der Waals surface area contributed by atoms with Gasteiger partial charge in [-0.05, 0) is 36.1 Å². The van der Waals surface area contributed by atoms with Gasteiger partial charge in [0.25, 0.3) is 0 Å². The van der Waals surface area contributed by atoms with Gasteiger partial charge in [-0.2, -0.15) is 5.26 Å². The molecule has 0 aliphatic heterocycles. The normalized spacial score (nSPS) is 10.4. The smallest absolute Gasteiger partial charge is 0.313 e. The van der Waals surface area contributed by atoms with Crippen LogP contribution in [-0.2, 0) is 9.59 Å². The van der Waals surface area contributed by atoms with E-state index in [2.05, 4.69) is 5.32 Å². The van der Waals surface area contributed by atoms with E-state index in [4.69, 9.17) is 5.26 Å². The fourth-order valence-corrected chi connectivity index (χ4v) is 2.08. The minimum absolute atomic E-state index is 0.297. The number of hydrogen-bond donors (Lipinski definition) is 1. The highest BCUT2D eigenvalue weighted by molar-refractivity contribution is 6.39. The maximum atomic E-state index is 12.3. The van der Waals surface area contributed by atoms with Crippen molar-refractivity contribution < 1.29 is 9.59 Å². The van der Waals surface area contributed by atoms with E-state index in [1.54, 1.807) is 29.2 Å². The van der Waals surface area contributed by atoms with Crippen LogP contribution in [0.15, 0.2) is 24.3 Å². The average molecular weight is 301 g/mol. The Kier molecular flexibility index (Phi) is 6.58. The van der Waals surface area contributed by atoms with Crippen molar-refractivity contribution in [1.82, 2.24) is 4.90 Å². The SMILES string of the molecule is CC(C)CN(CC(C)C)C(=O)C(=O)Nc1ccc(C#N)cc1. The van der Waals surface area contributed by atoms with Gasteiger partial charge in [-0.15, -0.1) is 0 Å². The first-order valence-electron chi connectivity index (χ1n) is 7.44. The molecule has 1 aromatic rings. The molecule has 2 amide bonds. The second kappa shape index (κ2) is 8.18. The Morgan fingerprint density at radius 1 is 1.09 bits per heavy atom. The molecule has 0 aliphatic rings. The molecule has 5 nitrogen and oxygen atoms in total. The van der Waals surface area contributed by atoms with Gasteiger partial charge in [-0.3, -0.25) is 9.59 Å². The highest BCUT2D eigenvalue weighted by Gasteiger charge is 2.23. The van der Waals surface area contributed by atoms with Crippen LogP contribution in [0.1, 0.15) is 33.3 Å². The molecule has 0 unspecified atom stereocenters. The summed E-state index contributed by atoms with van der Waals surface area (Å²) in [6, 6.07) is 8.42. The minimum atomic E-state index is -0.647. The van der Waals surface area contributed by atoms with Gasteiger partial charge in [0.05, 0.1) is 11.6 Å². The zero-order chi connectivity index (χ0) is 16.7. The van der Waals surface area contributed by atoms with Crippen molar-refractivity contribution in [3.63, 3.8) is 0 Å². The van der Waals surface area contributed by atoms with E-state index in [0.29, 0.717) is 36.2 Å². The van der Waals surface area contributed by atoms with Crippen LogP contribution in [0, 0.1) is 23.2 Å². The van der Waals surface area contributed by atoms with Crippen LogP contribution >= 0.6 is 0 Å². The molecule has 0 radical (unpaired) electrons. The summed E-state index contributed by atoms with van der Waals surface area (Å²) in [5, 5.41) is 11.3. The van der Waals surface area contributed by atoms with Gasteiger partial charge >= 0.3 is 11.8 Å². The van der Waals surface area contributed by atoms with Gasteiger partial charge in [-0.25, -0.2) is 0 Å². The highest BCUT2D eigenvalue weighted by Crippen LogP contribution is 2.10. The highest BCUT2D eigenvalue weighted by atomic mass is 16.2. The standard InChI is InChI=1S/C17H23N3O2/c1-12(2)10-20(11-13(3)4)17(22)16(21)19-15-7-5-14(9-18)6-8-15/h5-8,12-13H,10-11H2,1-4H3,(H,19,21). The van der Waals surface area contributed by atoms with Crippen molar-refractivity contribution in [2.75, 3.05) is 18.4 Å². The van der Waals surface area contributed by atoms with Crippen LogP contribution in [0.2, 0.25) is 0 Å². The molecule has 0 saturated carbocycles. The Morgan fingerprint density at radius 2 is 1.59 bits per heavy atom. The molecular formula is C17H23N3O2. The van der Waals surface area contributed by atoms with Crippen molar-refractivity contribution in [2.24, 2.45) is 11.8 Å². The largest absolute Gasteiger partial charge is 0.334 e. The van der Waals surface area contributed by atoms with Crippen molar-refractivity contribution in [1.29, 1.82) is 5.26 Å². The van der Waals surface area contributed by atoms with Gasteiger partial charge in [0.1, 0.15) is 0 Å². The predicted molar refractivity (Wildman–Crippen MR) is 86.0 cm³/mol. The van der Waals surface area contributed by atoms with Gasteiger partial charge in [0.15, 0.2) is 0 Å². The minimum Gasteiger partial charge on any atom is -0.334 e. The van der Waals surface area contributed by atoms with E-state index in [9.17, 15) is 9.59 Å².